The molecule has 1 fully saturated rings. The Hall–Kier alpha value is -3.07. The van der Waals surface area contributed by atoms with E-state index < -0.39 is 0 Å². The zero-order valence-electron chi connectivity index (χ0n) is 17.3. The fourth-order valence-corrected chi connectivity index (χ4v) is 5.14. The summed E-state index contributed by atoms with van der Waals surface area (Å²) in [6.45, 7) is 3.20. The van der Waals surface area contributed by atoms with Crippen LogP contribution in [0.5, 0.6) is 0 Å². The third-order valence-electron chi connectivity index (χ3n) is 5.88. The number of amidine groups is 1. The molecule has 0 bridgehead atoms. The van der Waals surface area contributed by atoms with Crippen LogP contribution in [0.25, 0.3) is 5.70 Å². The van der Waals surface area contributed by atoms with Crippen LogP contribution in [0.3, 0.4) is 0 Å². The Kier molecular flexibility index (Phi) is 5.27. The first-order valence-electron chi connectivity index (χ1n) is 10.5. The van der Waals surface area contributed by atoms with Crippen LogP contribution in [0.1, 0.15) is 18.4 Å². The quantitative estimate of drug-likeness (QED) is 0.792. The summed E-state index contributed by atoms with van der Waals surface area (Å²) in [6.07, 6.45) is 1.75. The van der Waals surface area contributed by atoms with Gasteiger partial charge in [0.1, 0.15) is 5.82 Å². The summed E-state index contributed by atoms with van der Waals surface area (Å²) >= 11 is 1.67. The van der Waals surface area contributed by atoms with Crippen molar-refractivity contribution in [2.24, 2.45) is 18.0 Å². The number of hydrogen-bond acceptors (Lipinski definition) is 7. The second-order valence-electron chi connectivity index (χ2n) is 7.94. The Morgan fingerprint density at radius 2 is 2.00 bits per heavy atom. The number of piperidine rings is 1. The maximum atomic E-state index is 12.9. The van der Waals surface area contributed by atoms with Crippen molar-refractivity contribution in [2.75, 3.05) is 36.4 Å². The van der Waals surface area contributed by atoms with Gasteiger partial charge in [-0.05, 0) is 36.6 Å². The summed E-state index contributed by atoms with van der Waals surface area (Å²) in [6, 6.07) is 11.3. The molecule has 0 saturated carbocycles. The summed E-state index contributed by atoms with van der Waals surface area (Å²) < 4.78 is 1.33. The van der Waals surface area contributed by atoms with E-state index in [0.717, 1.165) is 54.7 Å². The van der Waals surface area contributed by atoms with Crippen LogP contribution < -0.4 is 15.8 Å². The van der Waals surface area contributed by atoms with Crippen LogP contribution in [0.4, 0.5) is 11.5 Å². The van der Waals surface area contributed by atoms with Gasteiger partial charge in [-0.2, -0.15) is 5.10 Å². The van der Waals surface area contributed by atoms with E-state index in [1.54, 1.807) is 24.9 Å². The maximum absolute atomic E-state index is 12.9. The van der Waals surface area contributed by atoms with Crippen LogP contribution in [0.2, 0.25) is 0 Å². The molecule has 3 aliphatic heterocycles. The molecule has 0 radical (unpaired) electrons. The van der Waals surface area contributed by atoms with Crippen molar-refractivity contribution in [1.29, 1.82) is 0 Å². The Bertz CT molecular complexity index is 1120. The Morgan fingerprint density at radius 3 is 2.81 bits per heavy atom. The van der Waals surface area contributed by atoms with Gasteiger partial charge in [0.2, 0.25) is 5.91 Å². The summed E-state index contributed by atoms with van der Waals surface area (Å²) in [5, 5.41) is 10.6. The molecule has 1 aromatic heterocycles. The largest absolute Gasteiger partial charge is 0.354 e. The number of rotatable bonds is 4. The topological polar surface area (TPSA) is 82.8 Å². The molecule has 160 valence electrons. The number of carbonyl (C=O) groups is 1. The molecule has 1 aromatic carbocycles. The molecule has 0 aliphatic carbocycles. The summed E-state index contributed by atoms with van der Waals surface area (Å²) in [7, 11) is 1.64. The Labute approximate surface area is 184 Å². The van der Waals surface area contributed by atoms with Gasteiger partial charge in [0.05, 0.1) is 18.2 Å². The molecule has 1 saturated heterocycles. The highest BCUT2D eigenvalue weighted by Crippen LogP contribution is 2.35. The van der Waals surface area contributed by atoms with Crippen molar-refractivity contribution in [1.82, 2.24) is 14.7 Å². The molecule has 0 spiro atoms. The average Bonchev–Trinajstić information content (AvgIpc) is 3.40. The van der Waals surface area contributed by atoms with E-state index >= 15 is 0 Å². The van der Waals surface area contributed by atoms with Crippen molar-refractivity contribution in [3.63, 3.8) is 0 Å². The standard InChI is InChI=1S/C22H24N6O2S/c1-26-20(29)9-8-19(25-26)27-11-2-3-16(13-27)21(30)24-17-6-4-15(5-7-17)18-14-31-22-23-10-12-28(18)22/h4-9,14,16H,2-3,10-13H2,1H3,(H,24,30). The number of aromatic nitrogens is 2. The second-order valence-corrected chi connectivity index (χ2v) is 8.78. The van der Waals surface area contributed by atoms with Crippen molar-refractivity contribution < 1.29 is 4.79 Å². The Morgan fingerprint density at radius 1 is 1.16 bits per heavy atom. The number of nitrogens with zero attached hydrogens (tertiary/aromatic N) is 5. The minimum atomic E-state index is -0.140. The third-order valence-corrected chi connectivity index (χ3v) is 6.78. The van der Waals surface area contributed by atoms with Gasteiger partial charge >= 0.3 is 0 Å². The van der Waals surface area contributed by atoms with E-state index in [0.29, 0.717) is 6.54 Å². The summed E-state index contributed by atoms with van der Waals surface area (Å²) in [5.41, 5.74) is 2.96. The number of nitrogens with one attached hydrogen (secondary N) is 1. The lowest BCUT2D eigenvalue weighted by Crippen LogP contribution is -2.41. The Balaban J connectivity index is 1.23. The lowest BCUT2D eigenvalue weighted by molar-refractivity contribution is -0.120. The number of anilines is 2. The number of hydrogen-bond donors (Lipinski definition) is 1. The van der Waals surface area contributed by atoms with Crippen LogP contribution in [-0.4, -0.2) is 51.9 Å². The lowest BCUT2D eigenvalue weighted by Gasteiger charge is -2.32. The summed E-state index contributed by atoms with van der Waals surface area (Å²) in [4.78, 5) is 33.3. The number of thioether (sulfide) groups is 1. The van der Waals surface area contributed by atoms with Gasteiger partial charge < -0.3 is 15.1 Å². The highest BCUT2D eigenvalue weighted by Gasteiger charge is 2.28. The smallest absolute Gasteiger partial charge is 0.266 e. The first kappa shape index (κ1) is 19.9. The number of aryl methyl sites for hydroxylation is 1. The molecular weight excluding hydrogens is 412 g/mol. The van der Waals surface area contributed by atoms with E-state index in [-0.39, 0.29) is 17.4 Å². The van der Waals surface area contributed by atoms with Crippen LogP contribution in [-0.2, 0) is 11.8 Å². The third kappa shape index (κ3) is 3.97. The molecular formula is C22H24N6O2S. The highest BCUT2D eigenvalue weighted by molar-refractivity contribution is 8.16. The first-order valence-corrected chi connectivity index (χ1v) is 11.4. The molecule has 9 heteroatoms. The average molecular weight is 437 g/mol. The van der Waals surface area contributed by atoms with E-state index in [2.05, 4.69) is 30.6 Å². The van der Waals surface area contributed by atoms with Gasteiger partial charge in [-0.1, -0.05) is 23.9 Å². The molecule has 4 heterocycles. The van der Waals surface area contributed by atoms with Crippen LogP contribution in [0.15, 0.2) is 51.6 Å². The SMILES string of the molecule is Cn1nc(N2CCCC(C(=O)Nc3ccc(C4=CSC5=NCCN45)cc3)C2)ccc1=O. The zero-order valence-corrected chi connectivity index (χ0v) is 18.1. The van der Waals surface area contributed by atoms with Gasteiger partial charge in [-0.3, -0.25) is 14.6 Å². The summed E-state index contributed by atoms with van der Waals surface area (Å²) in [5.74, 6) is 0.633. The van der Waals surface area contributed by atoms with Gasteiger partial charge in [-0.15, -0.1) is 0 Å². The van der Waals surface area contributed by atoms with Gasteiger partial charge in [0.25, 0.3) is 5.56 Å². The predicted octanol–water partition coefficient (Wildman–Crippen LogP) is 2.35. The van der Waals surface area contributed by atoms with E-state index in [4.69, 9.17) is 0 Å². The fourth-order valence-electron chi connectivity index (χ4n) is 4.17. The highest BCUT2D eigenvalue weighted by atomic mass is 32.2. The van der Waals surface area contributed by atoms with Gasteiger partial charge in [0.15, 0.2) is 5.17 Å². The van der Waals surface area contributed by atoms with Crippen molar-refractivity contribution in [2.45, 2.75) is 12.8 Å². The first-order chi connectivity index (χ1) is 15.1. The maximum Gasteiger partial charge on any atom is 0.266 e. The number of carbonyl (C=O) groups excluding carboxylic acids is 1. The van der Waals surface area contributed by atoms with Crippen molar-refractivity contribution in [3.05, 3.63) is 57.7 Å². The minimum Gasteiger partial charge on any atom is -0.354 e. The van der Waals surface area contributed by atoms with Crippen molar-refractivity contribution >= 4 is 40.0 Å². The van der Waals surface area contributed by atoms with Gasteiger partial charge in [-0.25, -0.2) is 4.68 Å². The molecule has 8 nitrogen and oxygen atoms in total. The molecule has 31 heavy (non-hydrogen) atoms. The molecule has 2 aromatic rings. The molecule has 1 amide bonds. The molecule has 1 unspecified atom stereocenters. The number of amides is 1. The normalized spacial score (nSPS) is 20.4. The van der Waals surface area contributed by atoms with E-state index in [9.17, 15) is 9.59 Å². The number of fused-ring (bicyclic) bond motifs is 1. The number of aliphatic imine (C=N–C) groups is 1. The lowest BCUT2D eigenvalue weighted by atomic mass is 9.97. The zero-order chi connectivity index (χ0) is 21.4. The van der Waals surface area contributed by atoms with E-state index in [1.165, 1.54) is 16.4 Å². The molecule has 5 rings (SSSR count). The van der Waals surface area contributed by atoms with E-state index in [1.807, 2.05) is 24.3 Å². The monoisotopic (exact) mass is 436 g/mol. The molecule has 3 aliphatic rings. The van der Waals surface area contributed by atoms with Crippen LogP contribution >= 0.6 is 11.8 Å². The van der Waals surface area contributed by atoms with Crippen molar-refractivity contribution in [3.8, 4) is 0 Å². The molecule has 1 atom stereocenters. The van der Waals surface area contributed by atoms with Crippen LogP contribution in [0, 0.1) is 5.92 Å². The van der Waals surface area contributed by atoms with Gasteiger partial charge in [0, 0.05) is 43.8 Å². The fraction of sp³-hybridized carbons (Fsp3) is 0.364. The minimum absolute atomic E-state index is 0.0203. The molecule has 1 N–H and O–H groups in total. The second kappa shape index (κ2) is 8.22. The predicted molar refractivity (Wildman–Crippen MR) is 124 cm³/mol. The number of benzene rings is 1.